The van der Waals surface area contributed by atoms with Gasteiger partial charge in [0.05, 0.1) is 21.3 Å². The van der Waals surface area contributed by atoms with Gasteiger partial charge in [-0.15, -0.1) is 0 Å². The Balaban J connectivity index is 1.72. The number of nitrogens with one attached hydrogen (secondary N) is 1. The van der Waals surface area contributed by atoms with Crippen LogP contribution < -0.4 is 24.3 Å². The monoisotopic (exact) mass is 407 g/mol. The van der Waals surface area contributed by atoms with Crippen LogP contribution in [0.3, 0.4) is 0 Å². The molecule has 0 radical (unpaired) electrons. The highest BCUT2D eigenvalue weighted by Crippen LogP contribution is 2.35. The topological polar surface area (TPSA) is 83.1 Å². The minimum absolute atomic E-state index is 0.191. The molecule has 154 valence electrons. The number of rotatable bonds is 7. The number of hydrogen-bond donors (Lipinski definition) is 1. The van der Waals surface area contributed by atoms with Crippen molar-refractivity contribution in [1.82, 2.24) is 0 Å². The van der Waals surface area contributed by atoms with Gasteiger partial charge in [-0.25, -0.2) is 4.79 Å². The summed E-state index contributed by atoms with van der Waals surface area (Å²) in [6, 6.07) is 18.4. The highest BCUT2D eigenvalue weighted by molar-refractivity contribution is 6.04. The van der Waals surface area contributed by atoms with Gasteiger partial charge >= 0.3 is 5.97 Å². The van der Waals surface area contributed by atoms with Gasteiger partial charge in [0, 0.05) is 23.4 Å². The van der Waals surface area contributed by atoms with Crippen LogP contribution in [0.2, 0.25) is 0 Å². The molecule has 0 bridgehead atoms. The smallest absolute Gasteiger partial charge is 0.347 e. The predicted molar refractivity (Wildman–Crippen MR) is 112 cm³/mol. The van der Waals surface area contributed by atoms with E-state index in [4.69, 9.17) is 18.9 Å². The van der Waals surface area contributed by atoms with E-state index in [1.165, 1.54) is 27.4 Å². The molecule has 0 atom stereocenters. The summed E-state index contributed by atoms with van der Waals surface area (Å²) in [5, 5.41) is 2.79. The third kappa shape index (κ3) is 4.70. The van der Waals surface area contributed by atoms with E-state index in [0.29, 0.717) is 34.2 Å². The molecule has 3 rings (SSSR count). The Bertz CT molecular complexity index is 1030. The fourth-order valence-electron chi connectivity index (χ4n) is 2.75. The number of ether oxygens (including phenoxy) is 4. The van der Waals surface area contributed by atoms with Crippen LogP contribution in [0.1, 0.15) is 20.7 Å². The predicted octanol–water partition coefficient (Wildman–Crippen LogP) is 4.18. The number of methoxy groups -OCH3 is 3. The van der Waals surface area contributed by atoms with Gasteiger partial charge in [-0.05, 0) is 36.4 Å². The van der Waals surface area contributed by atoms with Crippen molar-refractivity contribution >= 4 is 17.6 Å². The molecule has 0 unspecified atom stereocenters. The van der Waals surface area contributed by atoms with Crippen LogP contribution in [-0.2, 0) is 0 Å². The number of esters is 1. The molecule has 7 heteroatoms. The van der Waals surface area contributed by atoms with Crippen LogP contribution in [0.4, 0.5) is 5.69 Å². The van der Waals surface area contributed by atoms with E-state index in [0.717, 1.165) is 0 Å². The zero-order chi connectivity index (χ0) is 21.5. The molecular weight excluding hydrogens is 386 g/mol. The lowest BCUT2D eigenvalue weighted by Crippen LogP contribution is -2.12. The van der Waals surface area contributed by atoms with Crippen molar-refractivity contribution in [3.05, 3.63) is 77.9 Å². The SMILES string of the molecule is COc1cc(OC)c(C(=O)Oc2ccc(NC(=O)c3ccccc3)cc2)cc1OC. The van der Waals surface area contributed by atoms with Crippen molar-refractivity contribution in [3.8, 4) is 23.0 Å². The lowest BCUT2D eigenvalue weighted by Gasteiger charge is -2.13. The first kappa shape index (κ1) is 20.7. The Kier molecular flexibility index (Phi) is 6.54. The fourth-order valence-corrected chi connectivity index (χ4v) is 2.75. The average molecular weight is 407 g/mol. The summed E-state index contributed by atoms with van der Waals surface area (Å²) in [4.78, 5) is 24.9. The maximum absolute atomic E-state index is 12.6. The molecule has 0 saturated carbocycles. The number of benzene rings is 3. The van der Waals surface area contributed by atoms with Gasteiger partial charge in [0.15, 0.2) is 11.5 Å². The zero-order valence-corrected chi connectivity index (χ0v) is 16.8. The Labute approximate surface area is 174 Å². The normalized spacial score (nSPS) is 10.1. The highest BCUT2D eigenvalue weighted by atomic mass is 16.5. The summed E-state index contributed by atoms with van der Waals surface area (Å²) in [5.74, 6) is 0.580. The summed E-state index contributed by atoms with van der Waals surface area (Å²) in [5.41, 5.74) is 1.32. The van der Waals surface area contributed by atoms with Gasteiger partial charge in [0.2, 0.25) is 0 Å². The van der Waals surface area contributed by atoms with Crippen LogP contribution in [-0.4, -0.2) is 33.2 Å². The second-order valence-corrected chi connectivity index (χ2v) is 6.14. The summed E-state index contributed by atoms with van der Waals surface area (Å²) < 4.78 is 21.2. The second kappa shape index (κ2) is 9.47. The first-order valence-corrected chi connectivity index (χ1v) is 9.04. The van der Waals surface area contributed by atoms with Gasteiger partial charge in [-0.1, -0.05) is 18.2 Å². The van der Waals surface area contributed by atoms with Crippen molar-refractivity contribution in [2.24, 2.45) is 0 Å². The maximum atomic E-state index is 12.6. The maximum Gasteiger partial charge on any atom is 0.347 e. The molecule has 3 aromatic carbocycles. The molecule has 1 amide bonds. The lowest BCUT2D eigenvalue weighted by atomic mass is 10.1. The molecule has 0 spiro atoms. The number of carbonyl (C=O) groups excluding carboxylic acids is 2. The van der Waals surface area contributed by atoms with Crippen LogP contribution in [0.15, 0.2) is 66.7 Å². The van der Waals surface area contributed by atoms with Gasteiger partial charge in [-0.3, -0.25) is 4.79 Å². The van der Waals surface area contributed by atoms with Gasteiger partial charge in [-0.2, -0.15) is 0 Å². The Morgan fingerprint density at radius 1 is 0.733 bits per heavy atom. The highest BCUT2D eigenvalue weighted by Gasteiger charge is 2.19. The summed E-state index contributed by atoms with van der Waals surface area (Å²) in [6.45, 7) is 0. The van der Waals surface area contributed by atoms with Crippen LogP contribution >= 0.6 is 0 Å². The van der Waals surface area contributed by atoms with Crippen molar-refractivity contribution in [1.29, 1.82) is 0 Å². The van der Waals surface area contributed by atoms with Crippen molar-refractivity contribution in [3.63, 3.8) is 0 Å². The standard InChI is InChI=1S/C23H21NO6/c1-27-19-14-21(29-3)20(28-2)13-18(19)23(26)30-17-11-9-16(10-12-17)24-22(25)15-7-5-4-6-8-15/h4-14H,1-3H3,(H,24,25). The van der Waals surface area contributed by atoms with E-state index in [2.05, 4.69) is 5.32 Å². The quantitative estimate of drug-likeness (QED) is 0.467. The number of hydrogen-bond acceptors (Lipinski definition) is 6. The van der Waals surface area contributed by atoms with Crippen molar-refractivity contribution in [2.45, 2.75) is 0 Å². The molecule has 0 aliphatic heterocycles. The number of amides is 1. The fraction of sp³-hybridized carbons (Fsp3) is 0.130. The zero-order valence-electron chi connectivity index (χ0n) is 16.8. The van der Waals surface area contributed by atoms with Gasteiger partial charge < -0.3 is 24.3 Å². The van der Waals surface area contributed by atoms with E-state index < -0.39 is 5.97 Å². The molecular formula is C23H21NO6. The molecule has 0 fully saturated rings. The Morgan fingerprint density at radius 2 is 1.33 bits per heavy atom. The minimum atomic E-state index is -0.617. The lowest BCUT2D eigenvalue weighted by molar-refractivity contribution is 0.0730. The van der Waals surface area contributed by atoms with E-state index >= 15 is 0 Å². The molecule has 7 nitrogen and oxygen atoms in total. The second-order valence-electron chi connectivity index (χ2n) is 6.14. The first-order valence-electron chi connectivity index (χ1n) is 9.04. The van der Waals surface area contributed by atoms with E-state index in [1.807, 2.05) is 6.07 Å². The average Bonchev–Trinajstić information content (AvgIpc) is 2.79. The first-order chi connectivity index (χ1) is 14.5. The molecule has 0 saturated heterocycles. The molecule has 3 aromatic rings. The summed E-state index contributed by atoms with van der Waals surface area (Å²) in [7, 11) is 4.41. The number of carbonyl (C=O) groups is 2. The van der Waals surface area contributed by atoms with E-state index in [9.17, 15) is 9.59 Å². The van der Waals surface area contributed by atoms with Crippen LogP contribution in [0, 0.1) is 0 Å². The minimum Gasteiger partial charge on any atom is -0.496 e. The van der Waals surface area contributed by atoms with Crippen molar-refractivity contribution < 1.29 is 28.5 Å². The molecule has 30 heavy (non-hydrogen) atoms. The largest absolute Gasteiger partial charge is 0.496 e. The Hall–Kier alpha value is -4.00. The summed E-state index contributed by atoms with van der Waals surface area (Å²) in [6.07, 6.45) is 0. The number of anilines is 1. The van der Waals surface area contributed by atoms with Crippen molar-refractivity contribution in [2.75, 3.05) is 26.6 Å². The van der Waals surface area contributed by atoms with Crippen LogP contribution in [0.5, 0.6) is 23.0 Å². The van der Waals surface area contributed by atoms with Gasteiger partial charge in [0.1, 0.15) is 17.1 Å². The molecule has 0 aliphatic rings. The third-order valence-corrected chi connectivity index (χ3v) is 4.28. The van der Waals surface area contributed by atoms with E-state index in [-0.39, 0.29) is 11.5 Å². The Morgan fingerprint density at radius 3 is 1.93 bits per heavy atom. The third-order valence-electron chi connectivity index (χ3n) is 4.28. The summed E-state index contributed by atoms with van der Waals surface area (Å²) >= 11 is 0. The van der Waals surface area contributed by atoms with Crippen LogP contribution in [0.25, 0.3) is 0 Å². The molecule has 0 heterocycles. The molecule has 0 aromatic heterocycles. The molecule has 1 N–H and O–H groups in total. The van der Waals surface area contributed by atoms with Gasteiger partial charge in [0.25, 0.3) is 5.91 Å². The molecule has 0 aliphatic carbocycles. The van der Waals surface area contributed by atoms with E-state index in [1.54, 1.807) is 54.6 Å².